The summed E-state index contributed by atoms with van der Waals surface area (Å²) in [5.41, 5.74) is -1.16. The molecule has 1 atom stereocenters. The summed E-state index contributed by atoms with van der Waals surface area (Å²) < 4.78 is 2.60. The zero-order valence-electron chi connectivity index (χ0n) is 20.1. The molecule has 2 fully saturated rings. The van der Waals surface area contributed by atoms with Crippen LogP contribution in [0, 0.1) is 5.92 Å². The predicted molar refractivity (Wildman–Crippen MR) is 127 cm³/mol. The summed E-state index contributed by atoms with van der Waals surface area (Å²) in [5.74, 6) is -1.30. The molecule has 1 aliphatic heterocycles. The van der Waals surface area contributed by atoms with Crippen LogP contribution < -0.4 is 10.9 Å². The zero-order chi connectivity index (χ0) is 24.8. The largest absolute Gasteiger partial charge is 0.492 e. The lowest BCUT2D eigenvalue weighted by Crippen LogP contribution is -2.47. The van der Waals surface area contributed by atoms with Crippen LogP contribution in [0.5, 0.6) is 5.88 Å². The number of aromatic hydroxyl groups is 1. The Morgan fingerprint density at radius 2 is 2.00 bits per heavy atom. The Kier molecular flexibility index (Phi) is 6.28. The molecule has 0 bridgehead atoms. The van der Waals surface area contributed by atoms with Gasteiger partial charge in [-0.15, -0.1) is 0 Å². The molecule has 0 unspecified atom stereocenters. The number of fused-ring (bicyclic) bond motifs is 1. The van der Waals surface area contributed by atoms with Crippen molar-refractivity contribution in [1.29, 1.82) is 0 Å². The van der Waals surface area contributed by atoms with E-state index in [0.29, 0.717) is 24.3 Å². The van der Waals surface area contributed by atoms with Crippen LogP contribution in [0.1, 0.15) is 69.3 Å². The number of carbonyl (C=O) groups excluding carboxylic acids is 2. The fourth-order valence-corrected chi connectivity index (χ4v) is 4.57. The van der Waals surface area contributed by atoms with E-state index in [2.05, 4.69) is 10.4 Å². The molecule has 10 nitrogen and oxygen atoms in total. The van der Waals surface area contributed by atoms with Crippen LogP contribution in [0.4, 0.5) is 0 Å². The minimum absolute atomic E-state index is 0.0287. The average Bonchev–Trinajstić information content (AvgIpc) is 3.25. The van der Waals surface area contributed by atoms with Crippen molar-refractivity contribution in [3.63, 3.8) is 0 Å². The van der Waals surface area contributed by atoms with E-state index >= 15 is 0 Å². The number of likely N-dealkylation sites (tertiary alicyclic amines) is 1. The number of aliphatic hydroxyl groups is 1. The molecule has 2 aromatic heterocycles. The summed E-state index contributed by atoms with van der Waals surface area (Å²) in [5, 5.41) is 28.1. The highest BCUT2D eigenvalue weighted by Crippen LogP contribution is 2.28. The molecule has 1 saturated heterocycles. The molecule has 4 rings (SSSR count). The number of aromatic nitrogens is 3. The molecule has 2 aromatic rings. The first-order valence-electron chi connectivity index (χ1n) is 11.8. The highest BCUT2D eigenvalue weighted by Gasteiger charge is 2.37. The summed E-state index contributed by atoms with van der Waals surface area (Å²) in [4.78, 5) is 40.6. The molecule has 2 aliphatic rings. The van der Waals surface area contributed by atoms with Crippen molar-refractivity contribution < 1.29 is 19.8 Å². The van der Waals surface area contributed by atoms with Gasteiger partial charge >= 0.3 is 0 Å². The van der Waals surface area contributed by atoms with Gasteiger partial charge in [0, 0.05) is 30.8 Å². The number of nitrogens with zero attached hydrogens (tertiary/aromatic N) is 4. The summed E-state index contributed by atoms with van der Waals surface area (Å²) in [6.07, 6.45) is 7.66. The molecule has 0 aromatic carbocycles. The van der Waals surface area contributed by atoms with Crippen molar-refractivity contribution in [2.75, 3.05) is 6.54 Å². The van der Waals surface area contributed by atoms with Gasteiger partial charge in [-0.3, -0.25) is 19.0 Å². The summed E-state index contributed by atoms with van der Waals surface area (Å²) in [6, 6.07) is -0.245. The lowest BCUT2D eigenvalue weighted by atomic mass is 9.96. The third kappa shape index (κ3) is 4.59. The standard InChI is InChI=1S/C24H33N5O5/c1-14(2)13-28-21-15(7-10-18(30)27-11-5-6-17(27)24(3,4)34)12-25-29(21)23(33)19(22(28)32)20(31)26-16-8-9-16/h7,10,12,14,16-17,33-34H,5-6,8-9,11,13H2,1-4H3,(H,26,31)/b10-7+/t17-/m0/s1. The van der Waals surface area contributed by atoms with Gasteiger partial charge < -0.3 is 20.4 Å². The summed E-state index contributed by atoms with van der Waals surface area (Å²) >= 11 is 0. The first kappa shape index (κ1) is 24.0. The van der Waals surface area contributed by atoms with E-state index in [1.165, 1.54) is 21.4 Å². The monoisotopic (exact) mass is 471 g/mol. The van der Waals surface area contributed by atoms with Crippen LogP contribution in [-0.2, 0) is 11.3 Å². The Balaban J connectivity index is 1.73. The van der Waals surface area contributed by atoms with Crippen LogP contribution in [0.25, 0.3) is 11.7 Å². The van der Waals surface area contributed by atoms with Gasteiger partial charge in [-0.1, -0.05) is 13.8 Å². The molecule has 10 heteroatoms. The predicted octanol–water partition coefficient (Wildman–Crippen LogP) is 1.52. The van der Waals surface area contributed by atoms with E-state index in [4.69, 9.17) is 0 Å². The number of rotatable bonds is 7. The van der Waals surface area contributed by atoms with Gasteiger partial charge in [0.25, 0.3) is 11.5 Å². The maximum atomic E-state index is 13.3. The fourth-order valence-electron chi connectivity index (χ4n) is 4.57. The minimum Gasteiger partial charge on any atom is -0.492 e. The van der Waals surface area contributed by atoms with Gasteiger partial charge in [-0.05, 0) is 51.5 Å². The van der Waals surface area contributed by atoms with Crippen molar-refractivity contribution in [3.05, 3.63) is 33.8 Å². The quantitative estimate of drug-likeness (QED) is 0.525. The van der Waals surface area contributed by atoms with Crippen molar-refractivity contribution in [2.24, 2.45) is 5.92 Å². The lowest BCUT2D eigenvalue weighted by Gasteiger charge is -2.33. The first-order chi connectivity index (χ1) is 16.0. The maximum absolute atomic E-state index is 13.3. The Labute approximate surface area is 197 Å². The molecule has 0 radical (unpaired) electrons. The summed E-state index contributed by atoms with van der Waals surface area (Å²) in [6.45, 7) is 8.15. The fraction of sp³-hybridized carbons (Fsp3) is 0.583. The zero-order valence-corrected chi connectivity index (χ0v) is 20.1. The van der Waals surface area contributed by atoms with E-state index in [1.54, 1.807) is 24.8 Å². The number of hydrogen-bond acceptors (Lipinski definition) is 6. The topological polar surface area (TPSA) is 129 Å². The van der Waals surface area contributed by atoms with Gasteiger partial charge in [0.15, 0.2) is 5.56 Å². The van der Waals surface area contributed by atoms with E-state index in [9.17, 15) is 24.6 Å². The van der Waals surface area contributed by atoms with Crippen molar-refractivity contribution >= 4 is 23.5 Å². The molecule has 34 heavy (non-hydrogen) atoms. The SMILES string of the molecule is CC(C)Cn1c(=O)c(C(=O)NC2CC2)c(O)n2ncc(/C=C/C(=O)N3CCC[C@H]3C(C)(C)O)c12. The van der Waals surface area contributed by atoms with Crippen molar-refractivity contribution in [1.82, 2.24) is 24.4 Å². The average molecular weight is 472 g/mol. The molecular formula is C24H33N5O5. The molecular weight excluding hydrogens is 438 g/mol. The first-order valence-corrected chi connectivity index (χ1v) is 11.8. The normalized spacial score (nSPS) is 19.0. The van der Waals surface area contributed by atoms with Crippen LogP contribution in [0.2, 0.25) is 0 Å². The Morgan fingerprint density at radius 3 is 2.62 bits per heavy atom. The van der Waals surface area contributed by atoms with E-state index < -0.39 is 22.9 Å². The van der Waals surface area contributed by atoms with E-state index in [0.717, 1.165) is 25.7 Å². The Bertz CT molecular complexity index is 1200. The van der Waals surface area contributed by atoms with Gasteiger partial charge in [0.2, 0.25) is 11.8 Å². The van der Waals surface area contributed by atoms with E-state index in [-0.39, 0.29) is 29.5 Å². The Morgan fingerprint density at radius 1 is 1.29 bits per heavy atom. The number of nitrogens with one attached hydrogen (secondary N) is 1. The molecule has 1 aliphatic carbocycles. The van der Waals surface area contributed by atoms with Crippen LogP contribution >= 0.6 is 0 Å². The molecule has 2 amide bonds. The van der Waals surface area contributed by atoms with Crippen LogP contribution in [0.3, 0.4) is 0 Å². The number of amides is 2. The van der Waals surface area contributed by atoms with Gasteiger partial charge in [0.1, 0.15) is 5.65 Å². The van der Waals surface area contributed by atoms with Gasteiger partial charge in [-0.25, -0.2) is 0 Å². The summed E-state index contributed by atoms with van der Waals surface area (Å²) in [7, 11) is 0. The second-order valence-corrected chi connectivity index (χ2v) is 10.3. The number of carbonyl (C=O) groups is 2. The van der Waals surface area contributed by atoms with Crippen molar-refractivity contribution in [2.45, 2.75) is 77.6 Å². The highest BCUT2D eigenvalue weighted by molar-refractivity contribution is 5.97. The van der Waals surface area contributed by atoms with Gasteiger partial charge in [-0.2, -0.15) is 9.61 Å². The lowest BCUT2D eigenvalue weighted by molar-refractivity contribution is -0.131. The van der Waals surface area contributed by atoms with Crippen LogP contribution in [-0.4, -0.2) is 65.3 Å². The smallest absolute Gasteiger partial charge is 0.270 e. The minimum atomic E-state index is -1.01. The second kappa shape index (κ2) is 8.90. The Hall–Kier alpha value is -3.14. The van der Waals surface area contributed by atoms with Gasteiger partial charge in [0.05, 0.1) is 17.8 Å². The maximum Gasteiger partial charge on any atom is 0.270 e. The highest BCUT2D eigenvalue weighted by atomic mass is 16.3. The molecule has 3 heterocycles. The molecule has 1 saturated carbocycles. The van der Waals surface area contributed by atoms with Crippen molar-refractivity contribution in [3.8, 4) is 5.88 Å². The van der Waals surface area contributed by atoms with E-state index in [1.807, 2.05) is 13.8 Å². The third-order valence-corrected chi connectivity index (χ3v) is 6.35. The number of hydrogen-bond donors (Lipinski definition) is 3. The third-order valence-electron chi connectivity index (χ3n) is 6.35. The molecule has 184 valence electrons. The molecule has 0 spiro atoms. The van der Waals surface area contributed by atoms with Crippen LogP contribution in [0.15, 0.2) is 17.1 Å². The molecule has 3 N–H and O–H groups in total. The second-order valence-electron chi connectivity index (χ2n) is 10.3.